The second kappa shape index (κ2) is 8.28. The van der Waals surface area contributed by atoms with Crippen LogP contribution >= 0.6 is 0 Å². The summed E-state index contributed by atoms with van der Waals surface area (Å²) in [7, 11) is -3.23. The molecule has 12 nitrogen and oxygen atoms in total. The van der Waals surface area contributed by atoms with Crippen molar-refractivity contribution in [2.45, 2.75) is 24.8 Å². The molecule has 0 aliphatic carbocycles. The zero-order valence-electron chi connectivity index (χ0n) is 16.4. The van der Waals surface area contributed by atoms with Crippen molar-refractivity contribution >= 4 is 22.0 Å². The maximum absolute atomic E-state index is 12.9. The van der Waals surface area contributed by atoms with E-state index in [1.807, 2.05) is 0 Å². The monoisotopic (exact) mass is 440 g/mol. The number of rotatable bonds is 6. The molecule has 30 heavy (non-hydrogen) atoms. The van der Waals surface area contributed by atoms with Gasteiger partial charge in [0.1, 0.15) is 11.0 Å². The van der Waals surface area contributed by atoms with Crippen molar-refractivity contribution in [3.63, 3.8) is 0 Å². The van der Waals surface area contributed by atoms with Gasteiger partial charge in [-0.1, -0.05) is 12.1 Å². The molecule has 0 radical (unpaired) electrons. The summed E-state index contributed by atoms with van der Waals surface area (Å²) in [5, 5.41) is 3.68. The summed E-state index contributed by atoms with van der Waals surface area (Å²) in [4.78, 5) is 36.7. The van der Waals surface area contributed by atoms with Crippen LogP contribution in [-0.4, -0.2) is 60.7 Å². The van der Waals surface area contributed by atoms with Gasteiger partial charge in [-0.05, 0) is 25.5 Å². The van der Waals surface area contributed by atoms with Crippen molar-refractivity contribution in [1.82, 2.24) is 19.1 Å². The van der Waals surface area contributed by atoms with E-state index in [2.05, 4.69) is 5.10 Å². The number of nitrogens with one attached hydrogen (secondary N) is 1. The number of aryl methyl sites for hydroxylation is 1. The molecular formula is C17H20N4O8S. The molecule has 1 saturated heterocycles. The summed E-state index contributed by atoms with van der Waals surface area (Å²) in [5.41, 5.74) is -0.941. The molecule has 0 unspecified atom stereocenters. The van der Waals surface area contributed by atoms with Gasteiger partial charge in [-0.25, -0.2) is 32.1 Å². The van der Waals surface area contributed by atoms with Gasteiger partial charge in [0, 0.05) is 7.05 Å². The lowest BCUT2D eigenvalue weighted by Crippen LogP contribution is -2.41. The minimum atomic E-state index is -4.55. The van der Waals surface area contributed by atoms with E-state index >= 15 is 0 Å². The molecule has 0 spiro atoms. The number of ether oxygens (including phenoxy) is 3. The summed E-state index contributed by atoms with van der Waals surface area (Å²) in [6, 6.07) is 2.74. The van der Waals surface area contributed by atoms with Gasteiger partial charge in [0.15, 0.2) is 0 Å². The summed E-state index contributed by atoms with van der Waals surface area (Å²) in [6.45, 7) is 3.75. The minimum Gasteiger partial charge on any atom is -0.464 e. The number of hydrogen-bond acceptors (Lipinski definition) is 9. The van der Waals surface area contributed by atoms with Crippen molar-refractivity contribution in [1.29, 1.82) is 0 Å². The lowest BCUT2D eigenvalue weighted by Gasteiger charge is -2.26. The van der Waals surface area contributed by atoms with E-state index in [1.54, 1.807) is 11.6 Å². The number of carbonyl (C=O) groups is 2. The van der Waals surface area contributed by atoms with Crippen LogP contribution in [0.25, 0.3) is 0 Å². The first-order valence-corrected chi connectivity index (χ1v) is 10.4. The fourth-order valence-electron chi connectivity index (χ4n) is 2.68. The molecule has 1 aromatic heterocycles. The zero-order chi connectivity index (χ0) is 22.1. The van der Waals surface area contributed by atoms with E-state index in [0.29, 0.717) is 4.68 Å². The quantitative estimate of drug-likeness (QED) is 0.602. The van der Waals surface area contributed by atoms with Gasteiger partial charge in [-0.3, -0.25) is 0 Å². The molecule has 1 aliphatic rings. The molecule has 1 N–H and O–H groups in total. The number of aromatic nitrogens is 3. The first kappa shape index (κ1) is 21.5. The molecule has 2 heterocycles. The van der Waals surface area contributed by atoms with Gasteiger partial charge >= 0.3 is 23.7 Å². The molecule has 0 bridgehead atoms. The highest BCUT2D eigenvalue weighted by Gasteiger charge is 2.31. The smallest absolute Gasteiger partial charge is 0.360 e. The van der Waals surface area contributed by atoms with E-state index < -0.39 is 38.7 Å². The summed E-state index contributed by atoms with van der Waals surface area (Å²) in [6.07, 6.45) is -0.466. The highest BCUT2D eigenvalue weighted by atomic mass is 32.2. The standard InChI is InChI=1S/C17H20N4O8S/c1-4-28-16-18-21(17(24)20(16)3)15(23)19-30(25,26)13-10(2)6-5-7-12(13)14(22)29-11-8-27-9-11/h5-7,11H,4,8-9H2,1-3H3,(H,19,23). The third kappa shape index (κ3) is 4.07. The molecule has 1 fully saturated rings. The summed E-state index contributed by atoms with van der Waals surface area (Å²) in [5.74, 6) is -0.867. The van der Waals surface area contributed by atoms with Crippen molar-refractivity contribution in [2.24, 2.45) is 7.05 Å². The number of esters is 1. The second-order valence-electron chi connectivity index (χ2n) is 6.40. The Bertz CT molecular complexity index is 1150. The molecule has 1 aliphatic heterocycles. The van der Waals surface area contributed by atoms with Crippen LogP contribution in [-0.2, 0) is 26.5 Å². The van der Waals surface area contributed by atoms with Crippen LogP contribution in [0, 0.1) is 6.92 Å². The van der Waals surface area contributed by atoms with Crippen LogP contribution < -0.4 is 15.1 Å². The fraction of sp³-hybridized carbons (Fsp3) is 0.412. The Hall–Kier alpha value is -3.19. The van der Waals surface area contributed by atoms with Gasteiger partial charge in [0.25, 0.3) is 10.0 Å². The molecule has 3 rings (SSSR count). The molecule has 0 saturated carbocycles. The number of sulfonamides is 1. The van der Waals surface area contributed by atoms with Crippen molar-refractivity contribution in [2.75, 3.05) is 19.8 Å². The maximum atomic E-state index is 12.9. The van der Waals surface area contributed by atoms with E-state index in [4.69, 9.17) is 14.2 Å². The Labute approximate surface area is 171 Å². The molecule has 1 amide bonds. The van der Waals surface area contributed by atoms with Gasteiger partial charge in [0.2, 0.25) is 0 Å². The first-order valence-electron chi connectivity index (χ1n) is 8.90. The topological polar surface area (TPSA) is 148 Å². The normalized spacial score (nSPS) is 14.1. The predicted octanol–water partition coefficient (Wildman–Crippen LogP) is -0.209. The summed E-state index contributed by atoms with van der Waals surface area (Å²) < 4.78 is 44.1. The highest BCUT2D eigenvalue weighted by molar-refractivity contribution is 7.90. The largest absolute Gasteiger partial charge is 0.464 e. The molecule has 162 valence electrons. The lowest BCUT2D eigenvalue weighted by molar-refractivity contribution is -0.103. The van der Waals surface area contributed by atoms with Gasteiger partial charge < -0.3 is 14.2 Å². The van der Waals surface area contributed by atoms with Crippen molar-refractivity contribution in [3.05, 3.63) is 39.8 Å². The van der Waals surface area contributed by atoms with Crippen molar-refractivity contribution in [3.8, 4) is 6.01 Å². The molecule has 1 aromatic carbocycles. The fourth-order valence-corrected chi connectivity index (χ4v) is 4.03. The van der Waals surface area contributed by atoms with E-state index in [9.17, 15) is 22.8 Å². The van der Waals surface area contributed by atoms with Crippen LogP contribution in [0.3, 0.4) is 0 Å². The van der Waals surface area contributed by atoms with Crippen LogP contribution in [0.15, 0.2) is 27.9 Å². The zero-order valence-corrected chi connectivity index (χ0v) is 17.3. The Morgan fingerprint density at radius 2 is 2.03 bits per heavy atom. The predicted molar refractivity (Wildman–Crippen MR) is 101 cm³/mol. The maximum Gasteiger partial charge on any atom is 0.360 e. The van der Waals surface area contributed by atoms with Crippen LogP contribution in [0.4, 0.5) is 4.79 Å². The van der Waals surface area contributed by atoms with Gasteiger partial charge in [-0.15, -0.1) is 9.78 Å². The van der Waals surface area contributed by atoms with Crippen LogP contribution in [0.2, 0.25) is 0 Å². The molecule has 2 aromatic rings. The molecule has 13 heteroatoms. The van der Waals surface area contributed by atoms with E-state index in [1.165, 1.54) is 32.2 Å². The lowest BCUT2D eigenvalue weighted by atomic mass is 10.1. The second-order valence-corrected chi connectivity index (χ2v) is 8.02. The van der Waals surface area contributed by atoms with Crippen LogP contribution in [0.1, 0.15) is 22.8 Å². The number of hydrogen-bond donors (Lipinski definition) is 1. The Balaban J connectivity index is 1.92. The third-order valence-electron chi connectivity index (χ3n) is 4.21. The number of benzene rings is 1. The van der Waals surface area contributed by atoms with Gasteiger partial charge in [0.05, 0.1) is 25.4 Å². The van der Waals surface area contributed by atoms with E-state index in [0.717, 1.165) is 4.57 Å². The van der Waals surface area contributed by atoms with E-state index in [-0.39, 0.29) is 37.0 Å². The third-order valence-corrected chi connectivity index (χ3v) is 5.73. The Morgan fingerprint density at radius 1 is 1.33 bits per heavy atom. The number of carbonyl (C=O) groups excluding carboxylic acids is 2. The number of amides is 1. The average Bonchev–Trinajstić information content (AvgIpc) is 2.92. The molecular weight excluding hydrogens is 420 g/mol. The van der Waals surface area contributed by atoms with Crippen LogP contribution in [0.5, 0.6) is 6.01 Å². The highest BCUT2D eigenvalue weighted by Crippen LogP contribution is 2.22. The van der Waals surface area contributed by atoms with Crippen molar-refractivity contribution < 1.29 is 32.2 Å². The Morgan fingerprint density at radius 3 is 2.63 bits per heavy atom. The minimum absolute atomic E-state index is 0.155. The SMILES string of the molecule is CCOc1nn(C(=O)NS(=O)(=O)c2c(C)cccc2C(=O)OC2COC2)c(=O)n1C. The Kier molecular flexibility index (Phi) is 5.94. The average molecular weight is 440 g/mol. The molecule has 0 atom stereocenters. The first-order chi connectivity index (χ1) is 14.2. The number of nitrogens with zero attached hydrogens (tertiary/aromatic N) is 3. The van der Waals surface area contributed by atoms with Gasteiger partial charge in [-0.2, -0.15) is 0 Å². The summed E-state index contributed by atoms with van der Waals surface area (Å²) >= 11 is 0.